The molecule has 1 nitrogen and oxygen atoms in total. The molecule has 0 radical (unpaired) electrons. The van der Waals surface area contributed by atoms with E-state index in [4.69, 9.17) is 23.2 Å². The monoisotopic (exact) mass is 320 g/mol. The molecule has 0 aromatic heterocycles. The lowest BCUT2D eigenvalue weighted by molar-refractivity contribution is 0.173. The Labute approximate surface area is 123 Å². The molecule has 2 aromatic rings. The SMILES string of the molecule is OC(Cc1ccc(Cl)c(F)c1)c1cc(F)c(Cl)cc1F. The van der Waals surface area contributed by atoms with Gasteiger partial charge in [-0.25, -0.2) is 13.2 Å². The summed E-state index contributed by atoms with van der Waals surface area (Å²) in [4.78, 5) is 0. The van der Waals surface area contributed by atoms with Crippen LogP contribution in [-0.4, -0.2) is 5.11 Å². The first kappa shape index (κ1) is 15.2. The van der Waals surface area contributed by atoms with Crippen LogP contribution in [0.25, 0.3) is 0 Å². The average Bonchev–Trinajstić information content (AvgIpc) is 2.38. The molecular weight excluding hydrogens is 312 g/mol. The summed E-state index contributed by atoms with van der Waals surface area (Å²) in [5.74, 6) is -2.29. The highest BCUT2D eigenvalue weighted by atomic mass is 35.5. The fraction of sp³-hybridized carbons (Fsp3) is 0.143. The van der Waals surface area contributed by atoms with Gasteiger partial charge in [-0.1, -0.05) is 29.3 Å². The molecule has 20 heavy (non-hydrogen) atoms. The third kappa shape index (κ3) is 3.26. The number of halogens is 5. The summed E-state index contributed by atoms with van der Waals surface area (Å²) >= 11 is 11.0. The minimum Gasteiger partial charge on any atom is -0.388 e. The summed E-state index contributed by atoms with van der Waals surface area (Å²) in [5, 5.41) is 9.51. The van der Waals surface area contributed by atoms with E-state index in [1.807, 2.05) is 0 Å². The maximum Gasteiger partial charge on any atom is 0.142 e. The standard InChI is InChI=1S/C14H9Cl2F3O/c15-9-2-1-7(3-12(9)18)4-14(20)8-5-13(19)10(16)6-11(8)17/h1-3,5-6,14,20H,4H2. The second kappa shape index (κ2) is 6.04. The zero-order chi connectivity index (χ0) is 14.9. The van der Waals surface area contributed by atoms with E-state index in [1.165, 1.54) is 12.1 Å². The van der Waals surface area contributed by atoms with Crippen LogP contribution >= 0.6 is 23.2 Å². The van der Waals surface area contributed by atoms with Crippen molar-refractivity contribution >= 4 is 23.2 Å². The van der Waals surface area contributed by atoms with Crippen LogP contribution in [0.15, 0.2) is 30.3 Å². The van der Waals surface area contributed by atoms with E-state index in [1.54, 1.807) is 0 Å². The predicted octanol–water partition coefficient (Wildman–Crippen LogP) is 4.69. The van der Waals surface area contributed by atoms with Crippen molar-refractivity contribution in [2.45, 2.75) is 12.5 Å². The van der Waals surface area contributed by atoms with Crippen molar-refractivity contribution in [2.75, 3.05) is 0 Å². The van der Waals surface area contributed by atoms with Gasteiger partial charge in [-0.2, -0.15) is 0 Å². The van der Waals surface area contributed by atoms with E-state index >= 15 is 0 Å². The van der Waals surface area contributed by atoms with Gasteiger partial charge in [-0.05, 0) is 29.8 Å². The van der Waals surface area contributed by atoms with Gasteiger partial charge in [0.05, 0.1) is 16.1 Å². The fourth-order valence-electron chi connectivity index (χ4n) is 1.79. The lowest BCUT2D eigenvalue weighted by Gasteiger charge is -2.13. The van der Waals surface area contributed by atoms with Gasteiger partial charge in [-0.15, -0.1) is 0 Å². The van der Waals surface area contributed by atoms with Gasteiger partial charge >= 0.3 is 0 Å². The van der Waals surface area contributed by atoms with Crippen LogP contribution in [0.2, 0.25) is 10.0 Å². The highest BCUT2D eigenvalue weighted by Crippen LogP contribution is 2.27. The van der Waals surface area contributed by atoms with Crippen molar-refractivity contribution in [3.05, 3.63) is 69.0 Å². The van der Waals surface area contributed by atoms with Crippen molar-refractivity contribution < 1.29 is 18.3 Å². The molecular formula is C14H9Cl2F3O. The van der Waals surface area contributed by atoms with Gasteiger partial charge in [0.25, 0.3) is 0 Å². The molecule has 0 saturated heterocycles. The molecule has 1 unspecified atom stereocenters. The molecule has 0 heterocycles. The summed E-state index contributed by atoms with van der Waals surface area (Å²) in [7, 11) is 0. The minimum absolute atomic E-state index is 0.0491. The smallest absolute Gasteiger partial charge is 0.142 e. The Hall–Kier alpha value is -1.23. The highest BCUT2D eigenvalue weighted by Gasteiger charge is 2.17. The molecule has 0 aliphatic rings. The van der Waals surface area contributed by atoms with E-state index in [2.05, 4.69) is 0 Å². The third-order valence-corrected chi connectivity index (χ3v) is 3.41. The number of hydrogen-bond donors (Lipinski definition) is 1. The van der Waals surface area contributed by atoms with Crippen LogP contribution < -0.4 is 0 Å². The number of aliphatic hydroxyl groups is 1. The Balaban J connectivity index is 2.25. The normalized spacial score (nSPS) is 12.5. The zero-order valence-corrected chi connectivity index (χ0v) is 11.5. The molecule has 6 heteroatoms. The second-order valence-corrected chi connectivity index (χ2v) is 5.07. The largest absolute Gasteiger partial charge is 0.388 e. The molecule has 106 valence electrons. The van der Waals surface area contributed by atoms with Gasteiger partial charge in [0.2, 0.25) is 0 Å². The Kier molecular flexibility index (Phi) is 4.58. The number of hydrogen-bond acceptors (Lipinski definition) is 1. The van der Waals surface area contributed by atoms with Gasteiger partial charge in [0.1, 0.15) is 17.5 Å². The van der Waals surface area contributed by atoms with Gasteiger partial charge in [0, 0.05) is 12.0 Å². The van der Waals surface area contributed by atoms with E-state index in [-0.39, 0.29) is 22.0 Å². The molecule has 0 spiro atoms. The van der Waals surface area contributed by atoms with Crippen LogP contribution in [0, 0.1) is 17.5 Å². The molecule has 0 aliphatic heterocycles. The van der Waals surface area contributed by atoms with Gasteiger partial charge in [0.15, 0.2) is 0 Å². The van der Waals surface area contributed by atoms with E-state index in [0.29, 0.717) is 5.56 Å². The lowest BCUT2D eigenvalue weighted by Crippen LogP contribution is -2.05. The maximum absolute atomic E-state index is 13.6. The summed E-state index contributed by atoms with van der Waals surface area (Å²) in [6.07, 6.45) is -1.39. The van der Waals surface area contributed by atoms with Gasteiger partial charge < -0.3 is 5.11 Å². The van der Waals surface area contributed by atoms with Crippen LogP contribution in [0.1, 0.15) is 17.2 Å². The maximum atomic E-state index is 13.6. The quantitative estimate of drug-likeness (QED) is 0.814. The predicted molar refractivity (Wildman–Crippen MR) is 71.4 cm³/mol. The minimum atomic E-state index is -1.32. The van der Waals surface area contributed by atoms with E-state index < -0.39 is 23.6 Å². The van der Waals surface area contributed by atoms with Crippen molar-refractivity contribution in [3.8, 4) is 0 Å². The fourth-order valence-corrected chi connectivity index (χ4v) is 2.06. The molecule has 0 saturated carbocycles. The summed E-state index contributed by atoms with van der Waals surface area (Å²) in [6.45, 7) is 0. The molecule has 2 rings (SSSR count). The van der Waals surface area contributed by atoms with Crippen LogP contribution in [-0.2, 0) is 6.42 Å². The average molecular weight is 321 g/mol. The Morgan fingerprint density at radius 1 is 0.900 bits per heavy atom. The van der Waals surface area contributed by atoms with Crippen molar-refractivity contribution in [1.29, 1.82) is 0 Å². The first-order valence-electron chi connectivity index (χ1n) is 5.65. The first-order valence-corrected chi connectivity index (χ1v) is 6.40. The van der Waals surface area contributed by atoms with E-state index in [9.17, 15) is 18.3 Å². The summed E-state index contributed by atoms with van der Waals surface area (Å²) in [6, 6.07) is 5.58. The Bertz CT molecular complexity index is 647. The topological polar surface area (TPSA) is 20.2 Å². The molecule has 0 fully saturated rings. The van der Waals surface area contributed by atoms with E-state index in [0.717, 1.165) is 18.2 Å². The molecule has 2 aromatic carbocycles. The van der Waals surface area contributed by atoms with Crippen LogP contribution in [0.3, 0.4) is 0 Å². The molecule has 1 N–H and O–H groups in total. The Morgan fingerprint density at radius 2 is 1.55 bits per heavy atom. The number of benzene rings is 2. The summed E-state index contributed by atoms with van der Waals surface area (Å²) in [5.41, 5.74) is 0.177. The van der Waals surface area contributed by atoms with Crippen LogP contribution in [0.5, 0.6) is 0 Å². The van der Waals surface area contributed by atoms with Crippen molar-refractivity contribution in [2.24, 2.45) is 0 Å². The zero-order valence-electron chi connectivity index (χ0n) is 10.0. The molecule has 1 atom stereocenters. The molecule has 0 amide bonds. The van der Waals surface area contributed by atoms with Crippen molar-refractivity contribution in [1.82, 2.24) is 0 Å². The van der Waals surface area contributed by atoms with Crippen LogP contribution in [0.4, 0.5) is 13.2 Å². The third-order valence-electron chi connectivity index (χ3n) is 2.81. The number of rotatable bonds is 3. The highest BCUT2D eigenvalue weighted by molar-refractivity contribution is 6.31. The first-order chi connectivity index (χ1) is 9.38. The molecule has 0 aliphatic carbocycles. The molecule has 0 bridgehead atoms. The van der Waals surface area contributed by atoms with Gasteiger partial charge in [-0.3, -0.25) is 0 Å². The second-order valence-electron chi connectivity index (χ2n) is 4.26. The number of aliphatic hydroxyl groups excluding tert-OH is 1. The Morgan fingerprint density at radius 3 is 2.20 bits per heavy atom. The lowest BCUT2D eigenvalue weighted by atomic mass is 10.0. The summed E-state index contributed by atoms with van der Waals surface area (Å²) < 4.78 is 40.2. The van der Waals surface area contributed by atoms with Crippen molar-refractivity contribution in [3.63, 3.8) is 0 Å².